The summed E-state index contributed by atoms with van der Waals surface area (Å²) < 4.78 is 5.98. The minimum absolute atomic E-state index is 0.0783. The molecule has 1 aromatic rings. The maximum Gasteiger partial charge on any atom is 0.239 e. The van der Waals surface area contributed by atoms with E-state index in [-0.39, 0.29) is 11.8 Å². The Bertz CT molecular complexity index is 571. The van der Waals surface area contributed by atoms with Crippen LogP contribution in [0.1, 0.15) is 20.3 Å². The van der Waals surface area contributed by atoms with Gasteiger partial charge < -0.3 is 25.2 Å². The molecule has 1 aliphatic rings. The van der Waals surface area contributed by atoms with Crippen LogP contribution in [0.15, 0.2) is 24.3 Å². The number of hydrogen-bond acceptors (Lipinski definition) is 5. The van der Waals surface area contributed by atoms with E-state index in [9.17, 15) is 4.79 Å². The topological polar surface area (TPSA) is 62.0 Å². The van der Waals surface area contributed by atoms with Crippen LogP contribution in [0.3, 0.4) is 0 Å². The van der Waals surface area contributed by atoms with Crippen LogP contribution in [0.5, 0.6) is 5.75 Å². The molecule has 26 heavy (non-hydrogen) atoms. The highest BCUT2D eigenvalue weighted by atomic mass is 16.5. The van der Waals surface area contributed by atoms with Gasteiger partial charge in [0.1, 0.15) is 12.4 Å². The van der Waals surface area contributed by atoms with Gasteiger partial charge in [0.05, 0.1) is 11.7 Å². The number of nitrogens with zero attached hydrogens (tertiary/aromatic N) is 3. The highest BCUT2D eigenvalue weighted by Crippen LogP contribution is 2.29. The quantitative estimate of drug-likeness (QED) is 0.762. The van der Waals surface area contributed by atoms with Gasteiger partial charge in [0.2, 0.25) is 5.91 Å². The summed E-state index contributed by atoms with van der Waals surface area (Å²) in [6.07, 6.45) is 0.921. The summed E-state index contributed by atoms with van der Waals surface area (Å²) in [6.45, 7) is 8.66. The fourth-order valence-corrected chi connectivity index (χ4v) is 3.05. The number of likely N-dealkylation sites (N-methyl/N-ethyl adjacent to an activating group) is 1. The number of benzene rings is 1. The van der Waals surface area contributed by atoms with Gasteiger partial charge in [-0.25, -0.2) is 0 Å². The molecule has 0 saturated carbocycles. The van der Waals surface area contributed by atoms with E-state index in [2.05, 4.69) is 22.8 Å². The van der Waals surface area contributed by atoms with Gasteiger partial charge in [-0.05, 0) is 32.1 Å². The lowest BCUT2D eigenvalue weighted by molar-refractivity contribution is -0.134. The molecular weight excluding hydrogens is 328 g/mol. The van der Waals surface area contributed by atoms with Crippen LogP contribution in [0.2, 0.25) is 0 Å². The maximum absolute atomic E-state index is 12.6. The number of nitrogens with two attached hydrogens (primary N) is 1. The van der Waals surface area contributed by atoms with E-state index in [1.54, 1.807) is 0 Å². The SMILES string of the molecule is CCC(C)C(N)C(=O)N1CCN(c2ccccc2OCCN(C)C)CC1. The Morgan fingerprint density at radius 3 is 2.50 bits per heavy atom. The summed E-state index contributed by atoms with van der Waals surface area (Å²) in [5.41, 5.74) is 7.22. The number of piperazine rings is 1. The zero-order valence-corrected chi connectivity index (χ0v) is 16.6. The van der Waals surface area contributed by atoms with Crippen LogP contribution in [0.25, 0.3) is 0 Å². The Morgan fingerprint density at radius 1 is 1.23 bits per heavy atom. The van der Waals surface area contributed by atoms with Crippen LogP contribution in [-0.4, -0.2) is 75.2 Å². The predicted molar refractivity (Wildman–Crippen MR) is 107 cm³/mol. The molecule has 6 heteroatoms. The average molecular weight is 363 g/mol. The molecule has 1 aromatic carbocycles. The molecule has 1 aliphatic heterocycles. The number of carbonyl (C=O) groups is 1. The number of carbonyl (C=O) groups excluding carboxylic acids is 1. The van der Waals surface area contributed by atoms with Crippen molar-refractivity contribution in [3.63, 3.8) is 0 Å². The smallest absolute Gasteiger partial charge is 0.239 e. The normalized spacial score (nSPS) is 17.3. The number of para-hydroxylation sites is 2. The Hall–Kier alpha value is -1.79. The third kappa shape index (κ3) is 5.35. The third-order valence-electron chi connectivity index (χ3n) is 5.14. The molecule has 0 aromatic heterocycles. The molecule has 1 fully saturated rings. The standard InChI is InChI=1S/C20H34N4O2/c1-5-16(2)19(21)20(25)24-12-10-23(11-13-24)17-8-6-7-9-18(17)26-15-14-22(3)4/h6-9,16,19H,5,10-15,21H2,1-4H3. The second-order valence-electron chi connectivity index (χ2n) is 7.34. The molecule has 2 N–H and O–H groups in total. The van der Waals surface area contributed by atoms with E-state index in [1.165, 1.54) is 0 Å². The molecule has 0 radical (unpaired) electrons. The Morgan fingerprint density at radius 2 is 1.88 bits per heavy atom. The van der Waals surface area contributed by atoms with Crippen molar-refractivity contribution < 1.29 is 9.53 Å². The van der Waals surface area contributed by atoms with Crippen molar-refractivity contribution in [3.8, 4) is 5.75 Å². The highest BCUT2D eigenvalue weighted by Gasteiger charge is 2.28. The predicted octanol–water partition coefficient (Wildman–Crippen LogP) is 1.65. The molecule has 1 amide bonds. The molecule has 1 heterocycles. The monoisotopic (exact) mass is 362 g/mol. The van der Waals surface area contributed by atoms with Crippen LogP contribution >= 0.6 is 0 Å². The molecule has 2 atom stereocenters. The lowest BCUT2D eigenvalue weighted by Crippen LogP contribution is -2.54. The Kier molecular flexibility index (Phi) is 7.72. The van der Waals surface area contributed by atoms with E-state index >= 15 is 0 Å². The number of hydrogen-bond donors (Lipinski definition) is 1. The third-order valence-corrected chi connectivity index (χ3v) is 5.14. The van der Waals surface area contributed by atoms with Gasteiger partial charge >= 0.3 is 0 Å². The Labute approximate surface area is 157 Å². The molecule has 146 valence electrons. The second kappa shape index (κ2) is 9.78. The molecule has 2 rings (SSSR count). The van der Waals surface area contributed by atoms with Crippen LogP contribution in [0, 0.1) is 5.92 Å². The van der Waals surface area contributed by atoms with Crippen molar-refractivity contribution in [1.82, 2.24) is 9.80 Å². The average Bonchev–Trinajstić information content (AvgIpc) is 2.66. The van der Waals surface area contributed by atoms with Crippen molar-refractivity contribution in [2.24, 2.45) is 11.7 Å². The van der Waals surface area contributed by atoms with E-state index in [4.69, 9.17) is 10.5 Å². The van der Waals surface area contributed by atoms with E-state index in [0.29, 0.717) is 19.7 Å². The summed E-state index contributed by atoms with van der Waals surface area (Å²) in [6, 6.07) is 7.74. The van der Waals surface area contributed by atoms with Crippen molar-refractivity contribution in [2.75, 3.05) is 58.3 Å². The highest BCUT2D eigenvalue weighted by molar-refractivity contribution is 5.82. The number of amides is 1. The second-order valence-corrected chi connectivity index (χ2v) is 7.34. The first-order valence-corrected chi connectivity index (χ1v) is 9.60. The summed E-state index contributed by atoms with van der Waals surface area (Å²) in [5.74, 6) is 1.20. The van der Waals surface area contributed by atoms with Gasteiger partial charge in [0.25, 0.3) is 0 Å². The van der Waals surface area contributed by atoms with E-state index in [0.717, 1.165) is 37.5 Å². The first-order chi connectivity index (χ1) is 12.4. The Balaban J connectivity index is 1.94. The molecule has 0 bridgehead atoms. The zero-order chi connectivity index (χ0) is 19.1. The number of ether oxygens (including phenoxy) is 1. The van der Waals surface area contributed by atoms with Crippen LogP contribution < -0.4 is 15.4 Å². The summed E-state index contributed by atoms with van der Waals surface area (Å²) in [4.78, 5) is 18.9. The molecule has 6 nitrogen and oxygen atoms in total. The van der Waals surface area contributed by atoms with Gasteiger partial charge in [-0.3, -0.25) is 4.79 Å². The molecular formula is C20H34N4O2. The lowest BCUT2D eigenvalue weighted by atomic mass is 9.98. The first kappa shape index (κ1) is 20.5. The zero-order valence-electron chi connectivity index (χ0n) is 16.6. The van der Waals surface area contributed by atoms with E-state index < -0.39 is 6.04 Å². The fourth-order valence-electron chi connectivity index (χ4n) is 3.05. The molecule has 0 aliphatic carbocycles. The minimum Gasteiger partial charge on any atom is -0.490 e. The fraction of sp³-hybridized carbons (Fsp3) is 0.650. The lowest BCUT2D eigenvalue weighted by Gasteiger charge is -2.38. The largest absolute Gasteiger partial charge is 0.490 e. The number of anilines is 1. The summed E-state index contributed by atoms with van der Waals surface area (Å²) in [5, 5.41) is 0. The van der Waals surface area contributed by atoms with Crippen molar-refractivity contribution in [3.05, 3.63) is 24.3 Å². The maximum atomic E-state index is 12.6. The summed E-state index contributed by atoms with van der Waals surface area (Å²) in [7, 11) is 4.07. The van der Waals surface area contributed by atoms with Crippen molar-refractivity contribution >= 4 is 11.6 Å². The molecule has 0 spiro atoms. The molecule has 2 unspecified atom stereocenters. The van der Waals surface area contributed by atoms with Crippen molar-refractivity contribution in [2.45, 2.75) is 26.3 Å². The van der Waals surface area contributed by atoms with Gasteiger partial charge in [-0.2, -0.15) is 0 Å². The van der Waals surface area contributed by atoms with Gasteiger partial charge in [-0.15, -0.1) is 0 Å². The molecule has 1 saturated heterocycles. The first-order valence-electron chi connectivity index (χ1n) is 9.60. The van der Waals surface area contributed by atoms with Crippen molar-refractivity contribution in [1.29, 1.82) is 0 Å². The number of rotatable bonds is 8. The minimum atomic E-state index is -0.395. The van der Waals surface area contributed by atoms with Crippen LogP contribution in [-0.2, 0) is 4.79 Å². The van der Waals surface area contributed by atoms with Gasteiger partial charge in [-0.1, -0.05) is 32.4 Å². The van der Waals surface area contributed by atoms with Crippen LogP contribution in [0.4, 0.5) is 5.69 Å². The van der Waals surface area contributed by atoms with Gasteiger partial charge in [0, 0.05) is 32.7 Å². The van der Waals surface area contributed by atoms with Gasteiger partial charge in [0.15, 0.2) is 0 Å². The van der Waals surface area contributed by atoms with E-state index in [1.807, 2.05) is 44.1 Å². The summed E-state index contributed by atoms with van der Waals surface area (Å²) >= 11 is 0.